The van der Waals surface area contributed by atoms with E-state index in [4.69, 9.17) is 5.26 Å². The minimum Gasteiger partial charge on any atom is -0.322 e. The molecule has 1 aliphatic heterocycles. The van der Waals surface area contributed by atoms with Crippen LogP contribution in [0, 0.1) is 17.2 Å². The van der Waals surface area contributed by atoms with Gasteiger partial charge in [-0.05, 0) is 26.7 Å². The van der Waals surface area contributed by atoms with Gasteiger partial charge in [-0.1, -0.05) is 6.92 Å². The third-order valence-corrected chi connectivity index (χ3v) is 3.18. The quantitative estimate of drug-likeness (QED) is 0.507. The van der Waals surface area contributed by atoms with Crippen LogP contribution in [0.3, 0.4) is 0 Å². The third kappa shape index (κ3) is 0.911. The predicted molar refractivity (Wildman–Crippen MR) is 45.2 cm³/mol. The molecule has 3 heteroatoms. The zero-order valence-corrected chi connectivity index (χ0v) is 7.96. The van der Waals surface area contributed by atoms with Gasteiger partial charge >= 0.3 is 5.91 Å². The maximum Gasteiger partial charge on any atom is 0.325 e. The molecular formula is C9H14N2O. The van der Waals surface area contributed by atoms with E-state index in [0.717, 1.165) is 0 Å². The van der Waals surface area contributed by atoms with Crippen LogP contribution in [0.25, 0.3) is 0 Å². The van der Waals surface area contributed by atoms with Crippen molar-refractivity contribution in [3.05, 3.63) is 0 Å². The highest BCUT2D eigenvalue weighted by Gasteiger charge is 2.51. The number of amides is 1. The number of carbonyl (C=O) groups excluding carboxylic acids is 1. The Morgan fingerprint density at radius 3 is 2.33 bits per heavy atom. The zero-order chi connectivity index (χ0) is 9.52. The smallest absolute Gasteiger partial charge is 0.322 e. The van der Waals surface area contributed by atoms with Crippen molar-refractivity contribution in [3.8, 4) is 6.07 Å². The van der Waals surface area contributed by atoms with Gasteiger partial charge in [-0.3, -0.25) is 4.79 Å². The van der Waals surface area contributed by atoms with Gasteiger partial charge in [0.2, 0.25) is 0 Å². The summed E-state index contributed by atoms with van der Waals surface area (Å²) < 4.78 is 0. The summed E-state index contributed by atoms with van der Waals surface area (Å²) in [5, 5.41) is 8.47. The van der Waals surface area contributed by atoms with E-state index < -0.39 is 5.91 Å². The van der Waals surface area contributed by atoms with Crippen molar-refractivity contribution in [3.63, 3.8) is 0 Å². The molecule has 1 fully saturated rings. The first-order chi connectivity index (χ1) is 5.42. The fraction of sp³-hybridized carbons (Fsp3) is 0.778. The molecule has 2 unspecified atom stereocenters. The summed E-state index contributed by atoms with van der Waals surface area (Å²) in [6, 6.07) is 1.86. The molecule has 2 atom stereocenters. The Bertz CT molecular complexity index is 252. The molecule has 0 bridgehead atoms. The maximum absolute atomic E-state index is 11.1. The van der Waals surface area contributed by atoms with Gasteiger partial charge in [-0.2, -0.15) is 5.26 Å². The SMILES string of the molecule is CC1C(C)C(C)(C)N1C(=O)C#N. The minimum atomic E-state index is -0.411. The van der Waals surface area contributed by atoms with Crippen molar-refractivity contribution in [1.82, 2.24) is 4.90 Å². The molecule has 3 nitrogen and oxygen atoms in total. The Balaban J connectivity index is 2.82. The van der Waals surface area contributed by atoms with Gasteiger partial charge in [0.15, 0.2) is 6.07 Å². The molecule has 0 aromatic rings. The van der Waals surface area contributed by atoms with Crippen LogP contribution < -0.4 is 0 Å². The van der Waals surface area contributed by atoms with Crippen molar-refractivity contribution in [2.75, 3.05) is 0 Å². The molecule has 0 N–H and O–H groups in total. The van der Waals surface area contributed by atoms with E-state index in [2.05, 4.69) is 6.92 Å². The van der Waals surface area contributed by atoms with Crippen LogP contribution in [0.5, 0.6) is 0 Å². The molecule has 0 saturated carbocycles. The van der Waals surface area contributed by atoms with Crippen molar-refractivity contribution < 1.29 is 4.79 Å². The van der Waals surface area contributed by atoms with E-state index in [1.807, 2.05) is 20.8 Å². The van der Waals surface area contributed by atoms with Crippen LogP contribution >= 0.6 is 0 Å². The van der Waals surface area contributed by atoms with E-state index in [1.54, 1.807) is 11.0 Å². The van der Waals surface area contributed by atoms with Gasteiger partial charge in [0.1, 0.15) is 0 Å². The first-order valence-electron chi connectivity index (χ1n) is 4.16. The van der Waals surface area contributed by atoms with Gasteiger partial charge in [0, 0.05) is 11.6 Å². The van der Waals surface area contributed by atoms with E-state index in [9.17, 15) is 4.79 Å². The van der Waals surface area contributed by atoms with E-state index >= 15 is 0 Å². The third-order valence-electron chi connectivity index (χ3n) is 3.18. The summed E-state index contributed by atoms with van der Waals surface area (Å²) in [4.78, 5) is 12.8. The van der Waals surface area contributed by atoms with Crippen molar-refractivity contribution in [2.24, 2.45) is 5.92 Å². The van der Waals surface area contributed by atoms with Gasteiger partial charge in [0.25, 0.3) is 0 Å². The van der Waals surface area contributed by atoms with Crippen LogP contribution in [0.1, 0.15) is 27.7 Å². The van der Waals surface area contributed by atoms with Gasteiger partial charge in [0.05, 0.1) is 0 Å². The maximum atomic E-state index is 11.1. The summed E-state index contributed by atoms with van der Waals surface area (Å²) in [7, 11) is 0. The number of nitrogens with zero attached hydrogens (tertiary/aromatic N) is 2. The number of nitriles is 1. The molecule has 0 aliphatic carbocycles. The second-order valence-corrected chi connectivity index (χ2v) is 3.97. The Labute approximate surface area is 73.0 Å². The largest absolute Gasteiger partial charge is 0.325 e. The number of likely N-dealkylation sites (tertiary alicyclic amines) is 1. The summed E-state index contributed by atoms with van der Waals surface area (Å²) in [5.74, 6) is 0.0559. The molecule has 12 heavy (non-hydrogen) atoms. The van der Waals surface area contributed by atoms with Crippen molar-refractivity contribution >= 4 is 5.91 Å². The average Bonchev–Trinajstić information content (AvgIpc) is 2.03. The lowest BCUT2D eigenvalue weighted by Gasteiger charge is -2.58. The van der Waals surface area contributed by atoms with Crippen molar-refractivity contribution in [1.29, 1.82) is 5.26 Å². The second kappa shape index (κ2) is 2.48. The van der Waals surface area contributed by atoms with Gasteiger partial charge in [-0.15, -0.1) is 0 Å². The van der Waals surface area contributed by atoms with Crippen LogP contribution in [0.15, 0.2) is 0 Å². The Morgan fingerprint density at radius 2 is 2.00 bits per heavy atom. The zero-order valence-electron chi connectivity index (χ0n) is 7.96. The van der Waals surface area contributed by atoms with Crippen LogP contribution in [0.2, 0.25) is 0 Å². The lowest BCUT2D eigenvalue weighted by Crippen LogP contribution is -2.69. The molecule has 0 radical (unpaired) electrons. The summed E-state index contributed by atoms with van der Waals surface area (Å²) in [6.45, 7) is 8.07. The second-order valence-electron chi connectivity index (χ2n) is 3.97. The Kier molecular flexibility index (Phi) is 1.87. The van der Waals surface area contributed by atoms with Crippen LogP contribution in [-0.2, 0) is 4.79 Å². The molecule has 1 rings (SSSR count). The predicted octanol–water partition coefficient (Wildman–Crippen LogP) is 1.16. The molecule has 1 saturated heterocycles. The first kappa shape index (κ1) is 9.05. The fourth-order valence-corrected chi connectivity index (χ4v) is 1.98. The highest BCUT2D eigenvalue weighted by atomic mass is 16.2. The van der Waals surface area contributed by atoms with E-state index in [0.29, 0.717) is 5.92 Å². The lowest BCUT2D eigenvalue weighted by atomic mass is 9.72. The van der Waals surface area contributed by atoms with Crippen molar-refractivity contribution in [2.45, 2.75) is 39.3 Å². The highest BCUT2D eigenvalue weighted by molar-refractivity contribution is 5.92. The van der Waals surface area contributed by atoms with Crippen LogP contribution in [-0.4, -0.2) is 22.4 Å². The molecule has 0 aromatic heterocycles. The molecule has 1 aliphatic rings. The van der Waals surface area contributed by atoms with E-state index in [-0.39, 0.29) is 11.6 Å². The normalized spacial score (nSPS) is 32.1. The fourth-order valence-electron chi connectivity index (χ4n) is 1.98. The average molecular weight is 166 g/mol. The number of rotatable bonds is 0. The standard InChI is InChI=1S/C9H14N2O/c1-6-7(2)11(8(12)5-10)9(6,3)4/h6-7H,1-4H3. The molecule has 1 amide bonds. The van der Waals surface area contributed by atoms with Crippen LogP contribution in [0.4, 0.5) is 0 Å². The van der Waals surface area contributed by atoms with Gasteiger partial charge in [-0.25, -0.2) is 0 Å². The lowest BCUT2D eigenvalue weighted by molar-refractivity contribution is -0.157. The summed E-state index contributed by atoms with van der Waals surface area (Å²) in [6.07, 6.45) is 0. The molecular weight excluding hydrogens is 152 g/mol. The first-order valence-corrected chi connectivity index (χ1v) is 4.16. The summed E-state index contributed by atoms with van der Waals surface area (Å²) >= 11 is 0. The minimum absolute atomic E-state index is 0.147. The molecule has 0 spiro atoms. The number of hydrogen-bond acceptors (Lipinski definition) is 2. The topological polar surface area (TPSA) is 44.1 Å². The Hall–Kier alpha value is -1.04. The molecule has 66 valence electrons. The monoisotopic (exact) mass is 166 g/mol. The van der Waals surface area contributed by atoms with Gasteiger partial charge < -0.3 is 4.90 Å². The van der Waals surface area contributed by atoms with E-state index in [1.165, 1.54) is 0 Å². The summed E-state index contributed by atoms with van der Waals surface area (Å²) in [5.41, 5.74) is -0.147. The molecule has 1 heterocycles. The number of hydrogen-bond donors (Lipinski definition) is 0. The Morgan fingerprint density at radius 1 is 1.50 bits per heavy atom. The molecule has 0 aromatic carbocycles. The number of carbonyl (C=O) groups is 1. The highest BCUT2D eigenvalue weighted by Crippen LogP contribution is 2.41.